The molecule has 0 radical (unpaired) electrons. The molecule has 14 heavy (non-hydrogen) atoms. The maximum atomic E-state index is 10.8. The lowest BCUT2D eigenvalue weighted by Crippen LogP contribution is -2.33. The van der Waals surface area contributed by atoms with E-state index in [9.17, 15) is 8.42 Å². The summed E-state index contributed by atoms with van der Waals surface area (Å²) in [5, 5.41) is 0. The molecule has 2 N–H and O–H groups in total. The van der Waals surface area contributed by atoms with Crippen molar-refractivity contribution in [1.82, 2.24) is 0 Å². The fourth-order valence-corrected chi connectivity index (χ4v) is 2.10. The van der Waals surface area contributed by atoms with Crippen LogP contribution in [0.1, 0.15) is 25.7 Å². The van der Waals surface area contributed by atoms with Gasteiger partial charge in [-0.1, -0.05) is 0 Å². The van der Waals surface area contributed by atoms with Crippen molar-refractivity contribution in [2.75, 3.05) is 18.6 Å². The number of ether oxygens (including phenoxy) is 1. The molecule has 1 aliphatic carbocycles. The van der Waals surface area contributed by atoms with Crippen LogP contribution in [0.2, 0.25) is 0 Å². The molecule has 1 aliphatic rings. The van der Waals surface area contributed by atoms with Gasteiger partial charge in [-0.25, -0.2) is 8.42 Å². The molecule has 2 atom stereocenters. The molecule has 0 amide bonds. The Morgan fingerprint density at radius 3 is 2.71 bits per heavy atom. The summed E-state index contributed by atoms with van der Waals surface area (Å²) in [4.78, 5) is 0. The molecule has 1 saturated carbocycles. The normalized spacial score (nSPS) is 29.0. The molecule has 0 aliphatic heterocycles. The molecule has 0 bridgehead atoms. The summed E-state index contributed by atoms with van der Waals surface area (Å²) in [6.07, 6.45) is 5.42. The first kappa shape index (κ1) is 11.9. The minimum atomic E-state index is -2.89. The van der Waals surface area contributed by atoms with Crippen molar-refractivity contribution in [2.24, 2.45) is 5.73 Å². The van der Waals surface area contributed by atoms with E-state index in [2.05, 4.69) is 0 Å². The van der Waals surface area contributed by atoms with Gasteiger partial charge in [-0.15, -0.1) is 0 Å². The van der Waals surface area contributed by atoms with Crippen LogP contribution in [0.15, 0.2) is 0 Å². The largest absolute Gasteiger partial charge is 0.377 e. The molecule has 0 heterocycles. The van der Waals surface area contributed by atoms with Crippen LogP contribution in [0.25, 0.3) is 0 Å². The first-order chi connectivity index (χ1) is 6.47. The average molecular weight is 221 g/mol. The Bertz CT molecular complexity index is 263. The third-order valence-electron chi connectivity index (χ3n) is 2.47. The topological polar surface area (TPSA) is 69.4 Å². The number of rotatable bonds is 4. The van der Waals surface area contributed by atoms with Gasteiger partial charge < -0.3 is 10.5 Å². The smallest absolute Gasteiger partial charge is 0.149 e. The van der Waals surface area contributed by atoms with Crippen molar-refractivity contribution >= 4 is 9.84 Å². The summed E-state index contributed by atoms with van der Waals surface area (Å²) in [5.41, 5.74) is 5.78. The number of sulfone groups is 1. The quantitative estimate of drug-likeness (QED) is 0.742. The average Bonchev–Trinajstić information content (AvgIpc) is 2.01. The minimum absolute atomic E-state index is 0.110. The van der Waals surface area contributed by atoms with Crippen molar-refractivity contribution in [2.45, 2.75) is 37.8 Å². The molecular formula is C9H19NO3S. The van der Waals surface area contributed by atoms with Gasteiger partial charge in [0.25, 0.3) is 0 Å². The van der Waals surface area contributed by atoms with E-state index >= 15 is 0 Å². The van der Waals surface area contributed by atoms with E-state index in [1.54, 1.807) is 0 Å². The van der Waals surface area contributed by atoms with Gasteiger partial charge in [-0.2, -0.15) is 0 Å². The Morgan fingerprint density at radius 2 is 2.14 bits per heavy atom. The van der Waals surface area contributed by atoms with Crippen molar-refractivity contribution in [1.29, 1.82) is 0 Å². The molecule has 1 fully saturated rings. The number of hydrogen-bond donors (Lipinski definition) is 1. The Kier molecular flexibility index (Phi) is 4.34. The van der Waals surface area contributed by atoms with Crippen LogP contribution < -0.4 is 5.73 Å². The molecule has 0 aromatic carbocycles. The first-order valence-electron chi connectivity index (χ1n) is 5.02. The fourth-order valence-electron chi connectivity index (χ4n) is 1.70. The molecule has 2 unspecified atom stereocenters. The molecule has 0 aromatic rings. The van der Waals surface area contributed by atoms with E-state index in [-0.39, 0.29) is 17.9 Å². The van der Waals surface area contributed by atoms with Crippen LogP contribution in [0, 0.1) is 0 Å². The molecule has 4 nitrogen and oxygen atoms in total. The van der Waals surface area contributed by atoms with Crippen molar-refractivity contribution in [3.05, 3.63) is 0 Å². The van der Waals surface area contributed by atoms with Gasteiger partial charge in [-0.05, 0) is 25.7 Å². The monoisotopic (exact) mass is 221 g/mol. The van der Waals surface area contributed by atoms with Crippen LogP contribution in [0.4, 0.5) is 0 Å². The van der Waals surface area contributed by atoms with Crippen LogP contribution in [-0.2, 0) is 14.6 Å². The van der Waals surface area contributed by atoms with Crippen molar-refractivity contribution in [3.63, 3.8) is 0 Å². The zero-order valence-electron chi connectivity index (χ0n) is 8.61. The van der Waals surface area contributed by atoms with E-state index in [0.29, 0.717) is 6.61 Å². The highest BCUT2D eigenvalue weighted by Crippen LogP contribution is 2.19. The maximum absolute atomic E-state index is 10.8. The SMILES string of the molecule is CS(=O)(=O)CCOC1CCCC(N)C1. The van der Waals surface area contributed by atoms with Crippen LogP contribution in [0.3, 0.4) is 0 Å². The second-order valence-corrected chi connectivity index (χ2v) is 6.31. The minimum Gasteiger partial charge on any atom is -0.377 e. The van der Waals surface area contributed by atoms with Gasteiger partial charge in [0.1, 0.15) is 9.84 Å². The highest BCUT2D eigenvalue weighted by Gasteiger charge is 2.19. The standard InChI is InChI=1S/C9H19NO3S/c1-14(11,12)6-5-13-9-4-2-3-8(10)7-9/h8-9H,2-7,10H2,1H3. The molecule has 5 heteroatoms. The van der Waals surface area contributed by atoms with Gasteiger partial charge in [0.05, 0.1) is 18.5 Å². The summed E-state index contributed by atoms with van der Waals surface area (Å²) in [6, 6.07) is 0.229. The van der Waals surface area contributed by atoms with E-state index in [1.807, 2.05) is 0 Å². The lowest BCUT2D eigenvalue weighted by Gasteiger charge is -2.26. The van der Waals surface area contributed by atoms with Gasteiger partial charge in [-0.3, -0.25) is 0 Å². The number of hydrogen-bond acceptors (Lipinski definition) is 4. The zero-order valence-corrected chi connectivity index (χ0v) is 9.42. The summed E-state index contributed by atoms with van der Waals surface area (Å²) >= 11 is 0. The predicted octanol–water partition coefficient (Wildman–Crippen LogP) is 0.318. The summed E-state index contributed by atoms with van der Waals surface area (Å²) in [7, 11) is -2.89. The summed E-state index contributed by atoms with van der Waals surface area (Å²) in [5.74, 6) is 0.110. The Balaban J connectivity index is 2.18. The lowest BCUT2D eigenvalue weighted by molar-refractivity contribution is 0.0327. The maximum Gasteiger partial charge on any atom is 0.149 e. The van der Waals surface area contributed by atoms with Crippen LogP contribution in [-0.4, -0.2) is 39.2 Å². The van der Waals surface area contributed by atoms with E-state index in [4.69, 9.17) is 10.5 Å². The van der Waals surface area contributed by atoms with Gasteiger partial charge >= 0.3 is 0 Å². The fraction of sp³-hybridized carbons (Fsp3) is 1.00. The Morgan fingerprint density at radius 1 is 1.43 bits per heavy atom. The van der Waals surface area contributed by atoms with E-state index in [1.165, 1.54) is 6.26 Å². The highest BCUT2D eigenvalue weighted by molar-refractivity contribution is 7.90. The molecule has 84 valence electrons. The van der Waals surface area contributed by atoms with Gasteiger partial charge in [0.2, 0.25) is 0 Å². The molecule has 0 aromatic heterocycles. The van der Waals surface area contributed by atoms with Crippen LogP contribution in [0.5, 0.6) is 0 Å². The van der Waals surface area contributed by atoms with Crippen molar-refractivity contribution < 1.29 is 13.2 Å². The van der Waals surface area contributed by atoms with Gasteiger partial charge in [0.15, 0.2) is 0 Å². The predicted molar refractivity (Wildman–Crippen MR) is 55.9 cm³/mol. The number of nitrogens with two attached hydrogens (primary N) is 1. The molecule has 0 saturated heterocycles. The third kappa shape index (κ3) is 4.93. The third-order valence-corrected chi connectivity index (χ3v) is 3.38. The molecule has 1 rings (SSSR count). The highest BCUT2D eigenvalue weighted by atomic mass is 32.2. The summed E-state index contributed by atoms with van der Waals surface area (Å²) < 4.78 is 27.1. The Hall–Kier alpha value is -0.130. The summed E-state index contributed by atoms with van der Waals surface area (Å²) in [6.45, 7) is 0.302. The van der Waals surface area contributed by atoms with E-state index < -0.39 is 9.84 Å². The van der Waals surface area contributed by atoms with E-state index in [0.717, 1.165) is 25.7 Å². The Labute approximate surface area is 85.7 Å². The van der Waals surface area contributed by atoms with Crippen LogP contribution >= 0.6 is 0 Å². The lowest BCUT2D eigenvalue weighted by atomic mass is 9.94. The van der Waals surface area contributed by atoms with Crippen molar-refractivity contribution in [3.8, 4) is 0 Å². The molecule has 0 spiro atoms. The second kappa shape index (κ2) is 5.09. The second-order valence-electron chi connectivity index (χ2n) is 4.05. The molecular weight excluding hydrogens is 202 g/mol. The van der Waals surface area contributed by atoms with Gasteiger partial charge in [0, 0.05) is 12.3 Å². The zero-order chi connectivity index (χ0) is 10.6. The first-order valence-corrected chi connectivity index (χ1v) is 7.08.